The Labute approximate surface area is 175 Å². The fraction of sp³-hybridized carbons (Fsp3) is 0.409. The number of thiophene rings is 1. The summed E-state index contributed by atoms with van der Waals surface area (Å²) in [6, 6.07) is 5.34. The SMILES string of the molecule is CCOC(=O)c1c(CC(C)C)csc1NC(=O)COC(=O)c1cccc(C)c1C. The molecule has 0 bridgehead atoms. The molecule has 0 radical (unpaired) electrons. The van der Waals surface area contributed by atoms with Crippen molar-refractivity contribution >= 4 is 34.2 Å². The van der Waals surface area contributed by atoms with E-state index in [0.717, 1.165) is 16.7 Å². The van der Waals surface area contributed by atoms with Crippen molar-refractivity contribution in [1.29, 1.82) is 0 Å². The standard InChI is InChI=1S/C22H27NO5S/c1-6-27-22(26)19-16(10-13(2)3)12-29-20(19)23-18(24)11-28-21(25)17-9-7-8-14(4)15(17)5/h7-9,12-13H,6,10-11H2,1-5H3,(H,23,24). The van der Waals surface area contributed by atoms with Crippen LogP contribution < -0.4 is 5.32 Å². The molecule has 0 aliphatic heterocycles. The van der Waals surface area contributed by atoms with E-state index < -0.39 is 24.5 Å². The zero-order valence-electron chi connectivity index (χ0n) is 17.5. The van der Waals surface area contributed by atoms with E-state index in [2.05, 4.69) is 19.2 Å². The number of ether oxygens (including phenoxy) is 2. The van der Waals surface area contributed by atoms with Crippen molar-refractivity contribution in [1.82, 2.24) is 0 Å². The van der Waals surface area contributed by atoms with Gasteiger partial charge in [-0.2, -0.15) is 0 Å². The minimum atomic E-state index is -0.557. The van der Waals surface area contributed by atoms with Crippen LogP contribution in [0.5, 0.6) is 0 Å². The lowest BCUT2D eigenvalue weighted by atomic mass is 10.0. The van der Waals surface area contributed by atoms with E-state index in [0.29, 0.717) is 28.5 Å². The second kappa shape index (κ2) is 10.2. The van der Waals surface area contributed by atoms with Crippen molar-refractivity contribution in [2.24, 2.45) is 5.92 Å². The minimum absolute atomic E-state index is 0.247. The molecule has 29 heavy (non-hydrogen) atoms. The molecule has 2 rings (SSSR count). The van der Waals surface area contributed by atoms with Crippen LogP contribution >= 0.6 is 11.3 Å². The van der Waals surface area contributed by atoms with Gasteiger partial charge in [-0.3, -0.25) is 4.79 Å². The number of rotatable bonds is 8. The average Bonchev–Trinajstić information content (AvgIpc) is 3.03. The Balaban J connectivity index is 2.08. The van der Waals surface area contributed by atoms with Crippen molar-refractivity contribution in [3.05, 3.63) is 51.4 Å². The molecule has 0 fully saturated rings. The number of carbonyl (C=O) groups is 3. The van der Waals surface area contributed by atoms with Crippen molar-refractivity contribution < 1.29 is 23.9 Å². The van der Waals surface area contributed by atoms with Crippen LogP contribution in [0.2, 0.25) is 0 Å². The third-order valence-electron chi connectivity index (χ3n) is 4.39. The molecule has 0 spiro atoms. The van der Waals surface area contributed by atoms with Gasteiger partial charge in [0.1, 0.15) is 5.00 Å². The van der Waals surface area contributed by atoms with E-state index >= 15 is 0 Å². The molecular formula is C22H27NO5S. The Bertz CT molecular complexity index is 901. The molecule has 6 nitrogen and oxygen atoms in total. The molecule has 0 saturated heterocycles. The molecule has 1 amide bonds. The molecule has 0 atom stereocenters. The zero-order valence-corrected chi connectivity index (χ0v) is 18.3. The first-order valence-electron chi connectivity index (χ1n) is 9.55. The molecule has 0 saturated carbocycles. The molecule has 0 aliphatic rings. The van der Waals surface area contributed by atoms with Gasteiger partial charge in [0, 0.05) is 0 Å². The van der Waals surface area contributed by atoms with Gasteiger partial charge in [-0.15, -0.1) is 11.3 Å². The van der Waals surface area contributed by atoms with E-state index in [1.165, 1.54) is 11.3 Å². The molecule has 0 aliphatic carbocycles. The Morgan fingerprint density at radius 1 is 1.10 bits per heavy atom. The molecule has 1 heterocycles. The van der Waals surface area contributed by atoms with Gasteiger partial charge in [-0.1, -0.05) is 26.0 Å². The smallest absolute Gasteiger partial charge is 0.341 e. The predicted molar refractivity (Wildman–Crippen MR) is 114 cm³/mol. The second-order valence-corrected chi connectivity index (χ2v) is 8.03. The first-order valence-corrected chi connectivity index (χ1v) is 10.4. The van der Waals surface area contributed by atoms with Crippen LogP contribution in [0.15, 0.2) is 23.6 Å². The van der Waals surface area contributed by atoms with E-state index in [-0.39, 0.29) is 6.61 Å². The van der Waals surface area contributed by atoms with Gasteiger partial charge < -0.3 is 14.8 Å². The maximum atomic E-state index is 12.4. The molecular weight excluding hydrogens is 390 g/mol. The van der Waals surface area contributed by atoms with Crippen molar-refractivity contribution in [3.63, 3.8) is 0 Å². The molecule has 1 N–H and O–H groups in total. The van der Waals surface area contributed by atoms with Crippen LogP contribution in [0, 0.1) is 19.8 Å². The molecule has 0 unspecified atom stereocenters. The van der Waals surface area contributed by atoms with Gasteiger partial charge in [-0.25, -0.2) is 9.59 Å². The summed E-state index contributed by atoms with van der Waals surface area (Å²) < 4.78 is 10.3. The van der Waals surface area contributed by atoms with Crippen molar-refractivity contribution in [3.8, 4) is 0 Å². The molecule has 2 aromatic rings. The number of amides is 1. The largest absolute Gasteiger partial charge is 0.462 e. The third-order valence-corrected chi connectivity index (χ3v) is 5.33. The predicted octanol–water partition coefficient (Wildman–Crippen LogP) is 4.54. The van der Waals surface area contributed by atoms with Crippen LogP contribution in [0.1, 0.15) is 58.2 Å². The first-order chi connectivity index (χ1) is 13.7. The Morgan fingerprint density at radius 2 is 1.83 bits per heavy atom. The van der Waals surface area contributed by atoms with Crippen LogP contribution in [-0.2, 0) is 20.7 Å². The number of carbonyl (C=O) groups excluding carboxylic acids is 3. The van der Waals surface area contributed by atoms with Gasteiger partial charge in [0.2, 0.25) is 0 Å². The van der Waals surface area contributed by atoms with Gasteiger partial charge in [0.15, 0.2) is 6.61 Å². The summed E-state index contributed by atoms with van der Waals surface area (Å²) in [7, 11) is 0. The number of nitrogens with one attached hydrogen (secondary N) is 1. The number of anilines is 1. The van der Waals surface area contributed by atoms with Gasteiger partial charge in [0.25, 0.3) is 5.91 Å². The fourth-order valence-electron chi connectivity index (χ4n) is 2.85. The minimum Gasteiger partial charge on any atom is -0.462 e. The average molecular weight is 418 g/mol. The highest BCUT2D eigenvalue weighted by atomic mass is 32.1. The Morgan fingerprint density at radius 3 is 2.48 bits per heavy atom. The third kappa shape index (κ3) is 5.90. The highest BCUT2D eigenvalue weighted by Crippen LogP contribution is 2.31. The first kappa shape index (κ1) is 22.6. The van der Waals surface area contributed by atoms with Gasteiger partial charge >= 0.3 is 11.9 Å². The molecule has 7 heteroatoms. The fourth-order valence-corrected chi connectivity index (χ4v) is 3.83. The number of benzene rings is 1. The van der Waals surface area contributed by atoms with E-state index in [1.54, 1.807) is 19.1 Å². The maximum Gasteiger partial charge on any atom is 0.341 e. The van der Waals surface area contributed by atoms with Crippen molar-refractivity contribution in [2.75, 3.05) is 18.5 Å². The molecule has 156 valence electrons. The number of aryl methyl sites for hydroxylation is 1. The number of hydrogen-bond donors (Lipinski definition) is 1. The normalized spacial score (nSPS) is 10.7. The summed E-state index contributed by atoms with van der Waals surface area (Å²) in [6.45, 7) is 9.38. The Hall–Kier alpha value is -2.67. The van der Waals surface area contributed by atoms with E-state index in [9.17, 15) is 14.4 Å². The highest BCUT2D eigenvalue weighted by molar-refractivity contribution is 7.15. The van der Waals surface area contributed by atoms with Gasteiger partial charge in [0.05, 0.1) is 17.7 Å². The summed E-state index contributed by atoms with van der Waals surface area (Å²) in [4.78, 5) is 37.0. The second-order valence-electron chi connectivity index (χ2n) is 7.16. The summed E-state index contributed by atoms with van der Waals surface area (Å²) in [5.41, 5.74) is 3.43. The monoisotopic (exact) mass is 417 g/mol. The summed E-state index contributed by atoms with van der Waals surface area (Å²) >= 11 is 1.26. The summed E-state index contributed by atoms with van der Waals surface area (Å²) in [5, 5.41) is 4.94. The topological polar surface area (TPSA) is 81.7 Å². The van der Waals surface area contributed by atoms with Crippen LogP contribution in [0.3, 0.4) is 0 Å². The van der Waals surface area contributed by atoms with E-state index in [4.69, 9.17) is 9.47 Å². The van der Waals surface area contributed by atoms with Crippen LogP contribution in [0.25, 0.3) is 0 Å². The van der Waals surface area contributed by atoms with Crippen LogP contribution in [0.4, 0.5) is 5.00 Å². The lowest BCUT2D eigenvalue weighted by molar-refractivity contribution is -0.119. The lowest BCUT2D eigenvalue weighted by Crippen LogP contribution is -2.22. The maximum absolute atomic E-state index is 12.4. The highest BCUT2D eigenvalue weighted by Gasteiger charge is 2.23. The van der Waals surface area contributed by atoms with E-state index in [1.807, 2.05) is 25.3 Å². The Kier molecular flexibility index (Phi) is 7.96. The molecule has 1 aromatic heterocycles. The van der Waals surface area contributed by atoms with Crippen molar-refractivity contribution in [2.45, 2.75) is 41.0 Å². The lowest BCUT2D eigenvalue weighted by Gasteiger charge is -2.11. The molecule has 1 aromatic carbocycles. The number of hydrogen-bond acceptors (Lipinski definition) is 6. The summed E-state index contributed by atoms with van der Waals surface area (Å²) in [6.07, 6.45) is 0.697. The number of esters is 2. The van der Waals surface area contributed by atoms with Gasteiger partial charge in [-0.05, 0) is 61.2 Å². The van der Waals surface area contributed by atoms with Crippen LogP contribution in [-0.4, -0.2) is 31.1 Å². The zero-order chi connectivity index (χ0) is 21.6. The summed E-state index contributed by atoms with van der Waals surface area (Å²) in [5.74, 6) is -1.18. The quantitative estimate of drug-likeness (QED) is 0.638.